The van der Waals surface area contributed by atoms with E-state index in [9.17, 15) is 4.39 Å². The van der Waals surface area contributed by atoms with E-state index in [0.717, 1.165) is 37.2 Å². The third-order valence-electron chi connectivity index (χ3n) is 5.09. The standard InChI is InChI=1S/C22H21BrFN3/c23-20-8-9-22(24)19(14-20)15-25-27-12-10-26(11-13-27)16-18-6-3-5-17-4-1-2-7-21(17)18/h1-9,14-15H,10-13,16H2/p+1/b25-15-. The average Bonchev–Trinajstić information content (AvgIpc) is 2.70. The lowest BCUT2D eigenvalue weighted by molar-refractivity contribution is -0.918. The Morgan fingerprint density at radius 2 is 1.81 bits per heavy atom. The lowest BCUT2D eigenvalue weighted by Gasteiger charge is -2.30. The molecule has 1 heterocycles. The molecule has 1 aliphatic rings. The summed E-state index contributed by atoms with van der Waals surface area (Å²) in [5.41, 5.74) is 1.91. The van der Waals surface area contributed by atoms with E-state index in [0.29, 0.717) is 5.56 Å². The maximum absolute atomic E-state index is 13.8. The molecule has 3 aromatic carbocycles. The number of piperazine rings is 1. The van der Waals surface area contributed by atoms with Gasteiger partial charge in [0.15, 0.2) is 0 Å². The van der Waals surface area contributed by atoms with E-state index in [-0.39, 0.29) is 5.82 Å². The van der Waals surface area contributed by atoms with E-state index in [4.69, 9.17) is 0 Å². The molecule has 0 aliphatic carbocycles. The zero-order valence-corrected chi connectivity index (χ0v) is 16.6. The Bertz CT molecular complexity index is 959. The van der Waals surface area contributed by atoms with Crippen LogP contribution in [0.2, 0.25) is 0 Å². The number of quaternary nitrogens is 1. The first-order valence-electron chi connectivity index (χ1n) is 9.23. The summed E-state index contributed by atoms with van der Waals surface area (Å²) in [5, 5.41) is 9.16. The Labute approximate surface area is 167 Å². The quantitative estimate of drug-likeness (QED) is 0.633. The Morgan fingerprint density at radius 3 is 2.67 bits per heavy atom. The molecule has 1 aliphatic heterocycles. The van der Waals surface area contributed by atoms with Crippen molar-refractivity contribution in [3.63, 3.8) is 0 Å². The van der Waals surface area contributed by atoms with Crippen LogP contribution in [-0.2, 0) is 6.54 Å². The van der Waals surface area contributed by atoms with Gasteiger partial charge in [-0.25, -0.2) is 4.39 Å². The van der Waals surface area contributed by atoms with E-state index in [1.54, 1.807) is 23.2 Å². The van der Waals surface area contributed by atoms with Crippen molar-refractivity contribution in [3.05, 3.63) is 82.1 Å². The molecule has 27 heavy (non-hydrogen) atoms. The summed E-state index contributed by atoms with van der Waals surface area (Å²) in [6.07, 6.45) is 1.62. The lowest BCUT2D eigenvalue weighted by Crippen LogP contribution is -3.13. The van der Waals surface area contributed by atoms with E-state index in [1.807, 2.05) is 5.01 Å². The maximum atomic E-state index is 13.8. The van der Waals surface area contributed by atoms with Crippen molar-refractivity contribution in [2.24, 2.45) is 5.10 Å². The molecule has 138 valence electrons. The second kappa shape index (κ2) is 8.19. The van der Waals surface area contributed by atoms with Crippen molar-refractivity contribution in [3.8, 4) is 0 Å². The van der Waals surface area contributed by atoms with Crippen LogP contribution in [0.1, 0.15) is 11.1 Å². The number of benzene rings is 3. The van der Waals surface area contributed by atoms with Crippen molar-refractivity contribution in [2.75, 3.05) is 26.2 Å². The van der Waals surface area contributed by atoms with Crippen molar-refractivity contribution in [1.82, 2.24) is 5.01 Å². The predicted octanol–water partition coefficient (Wildman–Crippen LogP) is 3.48. The summed E-state index contributed by atoms with van der Waals surface area (Å²) in [7, 11) is 0. The number of rotatable bonds is 4. The van der Waals surface area contributed by atoms with Gasteiger partial charge in [-0.15, -0.1) is 0 Å². The zero-order chi connectivity index (χ0) is 18.6. The molecule has 0 atom stereocenters. The third kappa shape index (κ3) is 4.37. The minimum absolute atomic E-state index is 0.248. The minimum Gasteiger partial charge on any atom is -0.328 e. The molecular weight excluding hydrogens is 405 g/mol. The molecule has 1 saturated heterocycles. The number of nitrogens with zero attached hydrogens (tertiary/aromatic N) is 2. The molecule has 3 aromatic rings. The van der Waals surface area contributed by atoms with Crippen LogP contribution < -0.4 is 4.90 Å². The van der Waals surface area contributed by atoms with Crippen molar-refractivity contribution in [1.29, 1.82) is 0 Å². The number of nitrogens with one attached hydrogen (secondary N) is 1. The van der Waals surface area contributed by atoms with E-state index in [2.05, 4.69) is 63.5 Å². The average molecular weight is 427 g/mol. The Hall–Kier alpha value is -2.24. The van der Waals surface area contributed by atoms with Gasteiger partial charge in [0.1, 0.15) is 12.4 Å². The highest BCUT2D eigenvalue weighted by Gasteiger charge is 2.19. The summed E-state index contributed by atoms with van der Waals surface area (Å²) >= 11 is 3.37. The smallest absolute Gasteiger partial charge is 0.132 e. The van der Waals surface area contributed by atoms with Crippen molar-refractivity contribution >= 4 is 32.9 Å². The van der Waals surface area contributed by atoms with Gasteiger partial charge in [-0.3, -0.25) is 5.01 Å². The molecule has 0 spiro atoms. The first kappa shape index (κ1) is 18.1. The Morgan fingerprint density at radius 1 is 1.04 bits per heavy atom. The molecule has 5 heteroatoms. The summed E-state index contributed by atoms with van der Waals surface area (Å²) in [5.74, 6) is -0.248. The summed E-state index contributed by atoms with van der Waals surface area (Å²) in [4.78, 5) is 1.56. The van der Waals surface area contributed by atoms with Gasteiger partial charge in [0, 0.05) is 15.6 Å². The SMILES string of the molecule is Fc1ccc(Br)cc1/C=N\N1CC[NH+](Cc2cccc3ccccc23)CC1. The minimum atomic E-state index is -0.248. The highest BCUT2D eigenvalue weighted by molar-refractivity contribution is 9.10. The van der Waals surface area contributed by atoms with Crippen LogP contribution in [0.15, 0.2) is 70.2 Å². The fourth-order valence-corrected chi connectivity index (χ4v) is 3.96. The van der Waals surface area contributed by atoms with Crippen LogP contribution in [0.25, 0.3) is 10.8 Å². The molecule has 3 nitrogen and oxygen atoms in total. The Balaban J connectivity index is 1.37. The van der Waals surface area contributed by atoms with Gasteiger partial charge >= 0.3 is 0 Å². The number of hydrazone groups is 1. The zero-order valence-electron chi connectivity index (χ0n) is 15.0. The van der Waals surface area contributed by atoms with Crippen LogP contribution in [-0.4, -0.2) is 37.4 Å². The number of hydrogen-bond acceptors (Lipinski definition) is 2. The van der Waals surface area contributed by atoms with Gasteiger partial charge in [0.25, 0.3) is 0 Å². The van der Waals surface area contributed by atoms with Crippen LogP contribution >= 0.6 is 15.9 Å². The van der Waals surface area contributed by atoms with Crippen LogP contribution in [0.3, 0.4) is 0 Å². The van der Waals surface area contributed by atoms with Crippen LogP contribution in [0, 0.1) is 5.82 Å². The first-order valence-corrected chi connectivity index (χ1v) is 10.0. The van der Waals surface area contributed by atoms with Gasteiger partial charge in [-0.05, 0) is 29.0 Å². The highest BCUT2D eigenvalue weighted by atomic mass is 79.9. The van der Waals surface area contributed by atoms with Gasteiger partial charge in [-0.1, -0.05) is 58.4 Å². The van der Waals surface area contributed by atoms with Gasteiger partial charge in [0.05, 0.1) is 32.4 Å². The number of fused-ring (bicyclic) bond motifs is 1. The fraction of sp³-hybridized carbons (Fsp3) is 0.227. The molecule has 4 rings (SSSR count). The van der Waals surface area contributed by atoms with Crippen LogP contribution in [0.5, 0.6) is 0 Å². The summed E-state index contributed by atoms with van der Waals surface area (Å²) in [6, 6.07) is 20.0. The number of halogens is 2. The molecule has 0 bridgehead atoms. The van der Waals surface area contributed by atoms with Gasteiger partial charge < -0.3 is 4.90 Å². The topological polar surface area (TPSA) is 20.0 Å². The summed E-state index contributed by atoms with van der Waals surface area (Å²) < 4.78 is 14.7. The molecule has 0 amide bonds. The molecule has 0 aromatic heterocycles. The predicted molar refractivity (Wildman–Crippen MR) is 112 cm³/mol. The van der Waals surface area contributed by atoms with Gasteiger partial charge in [-0.2, -0.15) is 5.10 Å². The molecule has 0 saturated carbocycles. The Kier molecular flexibility index (Phi) is 5.50. The largest absolute Gasteiger partial charge is 0.328 e. The van der Waals surface area contributed by atoms with Crippen LogP contribution in [0.4, 0.5) is 4.39 Å². The molecule has 0 unspecified atom stereocenters. The van der Waals surface area contributed by atoms with Crippen molar-refractivity contribution in [2.45, 2.75) is 6.54 Å². The van der Waals surface area contributed by atoms with E-state index in [1.165, 1.54) is 22.4 Å². The van der Waals surface area contributed by atoms with Crippen molar-refractivity contribution < 1.29 is 9.29 Å². The monoisotopic (exact) mass is 426 g/mol. The lowest BCUT2D eigenvalue weighted by atomic mass is 10.0. The maximum Gasteiger partial charge on any atom is 0.132 e. The fourth-order valence-electron chi connectivity index (χ4n) is 3.58. The second-order valence-corrected chi connectivity index (χ2v) is 7.84. The normalized spacial score (nSPS) is 15.7. The third-order valence-corrected chi connectivity index (χ3v) is 5.58. The second-order valence-electron chi connectivity index (χ2n) is 6.93. The van der Waals surface area contributed by atoms with E-state index < -0.39 is 0 Å². The molecule has 1 N–H and O–H groups in total. The number of hydrogen-bond donors (Lipinski definition) is 1. The highest BCUT2D eigenvalue weighted by Crippen LogP contribution is 2.18. The molecule has 0 radical (unpaired) electrons. The van der Waals surface area contributed by atoms with E-state index >= 15 is 0 Å². The van der Waals surface area contributed by atoms with Gasteiger partial charge in [0.2, 0.25) is 0 Å². The molecular formula is C22H22BrFN3+. The summed E-state index contributed by atoms with van der Waals surface area (Å²) in [6.45, 7) is 4.85. The molecule has 1 fully saturated rings. The first-order chi connectivity index (χ1) is 13.2.